The lowest BCUT2D eigenvalue weighted by atomic mass is 9.97. The minimum atomic E-state index is -0.0346. The Hall–Kier alpha value is -3.84. The number of rotatable bonds is 5. The van der Waals surface area contributed by atoms with Gasteiger partial charge in [0, 0.05) is 54.7 Å². The van der Waals surface area contributed by atoms with Gasteiger partial charge in [-0.15, -0.1) is 0 Å². The Morgan fingerprint density at radius 2 is 1.94 bits per heavy atom. The van der Waals surface area contributed by atoms with Crippen molar-refractivity contribution in [3.05, 3.63) is 90.5 Å². The van der Waals surface area contributed by atoms with Gasteiger partial charge < -0.3 is 14.4 Å². The molecule has 1 aliphatic heterocycles. The Morgan fingerprint density at radius 1 is 1.03 bits per heavy atom. The average Bonchev–Trinajstić information content (AvgIpc) is 3.10. The molecular weight excluding hydrogens is 416 g/mol. The SMILES string of the molecule is O=C(c1cccc(Oc2ncccn2)c1)N1CCOC[C@@H](Cc2ccc3ccncc3c2)C1. The topological polar surface area (TPSA) is 77.4 Å². The van der Waals surface area contributed by atoms with Gasteiger partial charge in [0.05, 0.1) is 13.2 Å². The molecule has 0 bridgehead atoms. The van der Waals surface area contributed by atoms with Crippen LogP contribution in [0.2, 0.25) is 0 Å². The number of aromatic nitrogens is 3. The van der Waals surface area contributed by atoms with E-state index in [1.54, 1.807) is 48.9 Å². The van der Waals surface area contributed by atoms with Crippen molar-refractivity contribution in [3.8, 4) is 11.8 Å². The van der Waals surface area contributed by atoms with Crippen molar-refractivity contribution in [2.24, 2.45) is 5.92 Å². The number of nitrogens with zero attached hydrogens (tertiary/aromatic N) is 4. The van der Waals surface area contributed by atoms with Crippen LogP contribution in [0.1, 0.15) is 15.9 Å². The van der Waals surface area contributed by atoms with Gasteiger partial charge in [-0.2, -0.15) is 0 Å². The second kappa shape index (κ2) is 9.75. The Balaban J connectivity index is 1.29. The van der Waals surface area contributed by atoms with Crippen molar-refractivity contribution >= 4 is 16.7 Å². The number of carbonyl (C=O) groups is 1. The number of fused-ring (bicyclic) bond motifs is 1. The van der Waals surface area contributed by atoms with Gasteiger partial charge in [0.25, 0.3) is 5.91 Å². The van der Waals surface area contributed by atoms with Crippen molar-refractivity contribution in [3.63, 3.8) is 0 Å². The molecule has 0 spiro atoms. The quantitative estimate of drug-likeness (QED) is 0.464. The van der Waals surface area contributed by atoms with Crippen LogP contribution in [-0.4, -0.2) is 52.1 Å². The maximum absolute atomic E-state index is 13.3. The van der Waals surface area contributed by atoms with E-state index in [0.717, 1.165) is 11.8 Å². The first-order chi connectivity index (χ1) is 16.2. The minimum absolute atomic E-state index is 0.0346. The normalized spacial score (nSPS) is 16.4. The molecule has 4 aromatic rings. The van der Waals surface area contributed by atoms with E-state index in [9.17, 15) is 4.79 Å². The molecule has 1 atom stereocenters. The maximum Gasteiger partial charge on any atom is 0.321 e. The highest BCUT2D eigenvalue weighted by atomic mass is 16.5. The summed E-state index contributed by atoms with van der Waals surface area (Å²) < 4.78 is 11.5. The van der Waals surface area contributed by atoms with E-state index >= 15 is 0 Å². The predicted molar refractivity (Wildman–Crippen MR) is 124 cm³/mol. The van der Waals surface area contributed by atoms with Gasteiger partial charge in [-0.1, -0.05) is 18.2 Å². The lowest BCUT2D eigenvalue weighted by molar-refractivity contribution is 0.0737. The fraction of sp³-hybridized carbons (Fsp3) is 0.231. The van der Waals surface area contributed by atoms with Crippen LogP contribution in [-0.2, 0) is 11.2 Å². The van der Waals surface area contributed by atoms with Gasteiger partial charge in [0.15, 0.2) is 0 Å². The number of carbonyl (C=O) groups excluding carboxylic acids is 1. The zero-order valence-electron chi connectivity index (χ0n) is 18.1. The molecule has 2 aromatic carbocycles. The monoisotopic (exact) mass is 440 g/mol. The van der Waals surface area contributed by atoms with Crippen molar-refractivity contribution < 1.29 is 14.3 Å². The summed E-state index contributed by atoms with van der Waals surface area (Å²) in [6.07, 6.45) is 7.75. The second-order valence-corrected chi connectivity index (χ2v) is 8.11. The number of hydrogen-bond donors (Lipinski definition) is 0. The smallest absolute Gasteiger partial charge is 0.321 e. The van der Waals surface area contributed by atoms with Crippen molar-refractivity contribution in [2.75, 3.05) is 26.3 Å². The highest BCUT2D eigenvalue weighted by Gasteiger charge is 2.24. The van der Waals surface area contributed by atoms with Gasteiger partial charge >= 0.3 is 6.01 Å². The summed E-state index contributed by atoms with van der Waals surface area (Å²) in [7, 11) is 0. The summed E-state index contributed by atoms with van der Waals surface area (Å²) in [5.41, 5.74) is 1.79. The number of ether oxygens (including phenoxy) is 2. The van der Waals surface area contributed by atoms with Crippen LogP contribution in [0.3, 0.4) is 0 Å². The molecule has 2 aromatic heterocycles. The summed E-state index contributed by atoms with van der Waals surface area (Å²) in [5, 5.41) is 2.29. The van der Waals surface area contributed by atoms with E-state index in [-0.39, 0.29) is 17.8 Å². The zero-order valence-corrected chi connectivity index (χ0v) is 18.1. The van der Waals surface area contributed by atoms with Gasteiger partial charge in [0.1, 0.15) is 5.75 Å². The van der Waals surface area contributed by atoms with E-state index in [1.807, 2.05) is 17.2 Å². The summed E-state index contributed by atoms with van der Waals surface area (Å²) in [5.74, 6) is 0.704. The standard InChI is InChI=1S/C26H24N4O3/c31-25(22-3-1-4-24(15-22)33-26-28-8-2-9-29-26)30-11-12-32-18-20(17-30)13-19-5-6-21-7-10-27-16-23(21)14-19/h1-10,14-16,20H,11-13,17-18H2/t20-/m0/s1. The van der Waals surface area contributed by atoms with Crippen molar-refractivity contribution in [1.29, 1.82) is 0 Å². The molecular formula is C26H24N4O3. The summed E-state index contributed by atoms with van der Waals surface area (Å²) in [6, 6.07) is 17.5. The van der Waals surface area contributed by atoms with Crippen LogP contribution in [0.15, 0.2) is 79.4 Å². The molecule has 7 nitrogen and oxygen atoms in total. The first-order valence-corrected chi connectivity index (χ1v) is 11.0. The van der Waals surface area contributed by atoms with E-state index in [0.29, 0.717) is 37.6 Å². The number of hydrogen-bond acceptors (Lipinski definition) is 6. The molecule has 1 aliphatic rings. The fourth-order valence-corrected chi connectivity index (χ4v) is 4.10. The minimum Gasteiger partial charge on any atom is -0.424 e. The molecule has 1 saturated heterocycles. The molecule has 0 N–H and O–H groups in total. The molecule has 5 rings (SSSR count). The third kappa shape index (κ3) is 5.15. The Morgan fingerprint density at radius 3 is 2.85 bits per heavy atom. The van der Waals surface area contributed by atoms with Crippen LogP contribution >= 0.6 is 0 Å². The molecule has 166 valence electrons. The number of amides is 1. The highest BCUT2D eigenvalue weighted by molar-refractivity contribution is 5.94. The van der Waals surface area contributed by atoms with E-state index < -0.39 is 0 Å². The Labute approximate surface area is 192 Å². The number of pyridine rings is 1. The summed E-state index contributed by atoms with van der Waals surface area (Å²) >= 11 is 0. The summed E-state index contributed by atoms with van der Waals surface area (Å²) in [4.78, 5) is 27.5. The first kappa shape index (κ1) is 21.0. The molecule has 0 unspecified atom stereocenters. The number of benzene rings is 2. The Kier molecular flexibility index (Phi) is 6.21. The van der Waals surface area contributed by atoms with Gasteiger partial charge in [-0.05, 0) is 53.8 Å². The van der Waals surface area contributed by atoms with Crippen LogP contribution in [0.4, 0.5) is 0 Å². The first-order valence-electron chi connectivity index (χ1n) is 11.0. The maximum atomic E-state index is 13.3. The van der Waals surface area contributed by atoms with Crippen molar-refractivity contribution in [2.45, 2.75) is 6.42 Å². The molecule has 1 fully saturated rings. The van der Waals surface area contributed by atoms with Gasteiger partial charge in [-0.25, -0.2) is 9.97 Å². The zero-order chi connectivity index (χ0) is 22.5. The molecule has 3 heterocycles. The van der Waals surface area contributed by atoms with Crippen molar-refractivity contribution in [1.82, 2.24) is 19.9 Å². The van der Waals surface area contributed by atoms with Crippen LogP contribution in [0.5, 0.6) is 11.8 Å². The lowest BCUT2D eigenvalue weighted by Gasteiger charge is -2.24. The van der Waals surface area contributed by atoms with Gasteiger partial charge in [-0.3, -0.25) is 9.78 Å². The van der Waals surface area contributed by atoms with E-state index in [2.05, 4.69) is 33.2 Å². The average molecular weight is 441 g/mol. The second-order valence-electron chi connectivity index (χ2n) is 8.11. The third-order valence-corrected chi connectivity index (χ3v) is 5.69. The molecule has 0 aliphatic carbocycles. The fourth-order valence-electron chi connectivity index (χ4n) is 4.10. The Bertz CT molecular complexity index is 1250. The van der Waals surface area contributed by atoms with E-state index in [4.69, 9.17) is 9.47 Å². The molecule has 7 heteroatoms. The lowest BCUT2D eigenvalue weighted by Crippen LogP contribution is -2.36. The van der Waals surface area contributed by atoms with Crippen LogP contribution in [0, 0.1) is 5.92 Å². The molecule has 0 radical (unpaired) electrons. The predicted octanol–water partition coefficient (Wildman–Crippen LogP) is 4.15. The third-order valence-electron chi connectivity index (χ3n) is 5.69. The van der Waals surface area contributed by atoms with Gasteiger partial charge in [0.2, 0.25) is 0 Å². The highest BCUT2D eigenvalue weighted by Crippen LogP contribution is 2.22. The van der Waals surface area contributed by atoms with Crippen LogP contribution < -0.4 is 4.74 Å². The van der Waals surface area contributed by atoms with Crippen LogP contribution in [0.25, 0.3) is 10.8 Å². The van der Waals surface area contributed by atoms with E-state index in [1.165, 1.54) is 10.9 Å². The summed E-state index contributed by atoms with van der Waals surface area (Å²) in [6.45, 7) is 2.35. The largest absolute Gasteiger partial charge is 0.424 e. The molecule has 1 amide bonds. The molecule has 0 saturated carbocycles. The molecule has 33 heavy (non-hydrogen) atoms.